The highest BCUT2D eigenvalue weighted by atomic mass is 16.5. The molecule has 0 saturated heterocycles. The first-order valence-corrected chi connectivity index (χ1v) is 5.95. The van der Waals surface area contributed by atoms with Crippen LogP contribution in [0.1, 0.15) is 44.6 Å². The molecule has 2 unspecified atom stereocenters. The van der Waals surface area contributed by atoms with Gasteiger partial charge in [-0.15, -0.1) is 0 Å². The fourth-order valence-electron chi connectivity index (χ4n) is 2.26. The minimum Gasteiger partial charge on any atom is -0.489 e. The highest BCUT2D eigenvalue weighted by Crippen LogP contribution is 2.35. The zero-order valence-electron chi connectivity index (χ0n) is 9.89. The lowest BCUT2D eigenvalue weighted by atomic mass is 9.99. The van der Waals surface area contributed by atoms with Gasteiger partial charge >= 0.3 is 0 Å². The predicted molar refractivity (Wildman–Crippen MR) is 62.6 cm³/mol. The van der Waals surface area contributed by atoms with E-state index in [0.717, 1.165) is 25.0 Å². The molecule has 0 bridgehead atoms. The van der Waals surface area contributed by atoms with Crippen LogP contribution in [0, 0.1) is 0 Å². The predicted octanol–water partition coefficient (Wildman–Crippen LogP) is 2.50. The quantitative estimate of drug-likeness (QED) is 0.852. The summed E-state index contributed by atoms with van der Waals surface area (Å²) in [6.07, 6.45) is 6.47. The van der Waals surface area contributed by atoms with Gasteiger partial charge in [0.05, 0.1) is 18.4 Å². The van der Waals surface area contributed by atoms with Crippen molar-refractivity contribution < 1.29 is 9.84 Å². The van der Waals surface area contributed by atoms with Crippen LogP contribution in [0.4, 0.5) is 0 Å². The number of aliphatic hydroxyl groups is 1. The van der Waals surface area contributed by atoms with Crippen molar-refractivity contribution >= 4 is 0 Å². The van der Waals surface area contributed by atoms with Crippen molar-refractivity contribution in [2.75, 3.05) is 0 Å². The van der Waals surface area contributed by atoms with Crippen LogP contribution in [0.5, 0.6) is 5.75 Å². The van der Waals surface area contributed by atoms with Crippen molar-refractivity contribution in [2.24, 2.45) is 0 Å². The SMILES string of the molecule is CC(C)Oc1cncc(C2CCC(O)C2)c1. The molecule has 1 saturated carbocycles. The number of ether oxygens (including phenoxy) is 1. The second kappa shape index (κ2) is 4.83. The van der Waals surface area contributed by atoms with E-state index in [2.05, 4.69) is 11.1 Å². The van der Waals surface area contributed by atoms with Crippen molar-refractivity contribution in [1.82, 2.24) is 4.98 Å². The number of rotatable bonds is 3. The lowest BCUT2D eigenvalue weighted by Gasteiger charge is -2.13. The topological polar surface area (TPSA) is 42.4 Å². The van der Waals surface area contributed by atoms with E-state index in [0.29, 0.717) is 5.92 Å². The van der Waals surface area contributed by atoms with E-state index in [4.69, 9.17) is 4.74 Å². The number of hydrogen-bond donors (Lipinski definition) is 1. The van der Waals surface area contributed by atoms with E-state index in [1.165, 1.54) is 5.56 Å². The van der Waals surface area contributed by atoms with E-state index in [9.17, 15) is 5.11 Å². The van der Waals surface area contributed by atoms with Crippen LogP contribution in [-0.4, -0.2) is 22.3 Å². The third kappa shape index (κ3) is 2.73. The number of pyridine rings is 1. The first-order chi connectivity index (χ1) is 7.65. The minimum atomic E-state index is -0.139. The average molecular weight is 221 g/mol. The Bertz CT molecular complexity index is 352. The Kier molecular flexibility index (Phi) is 3.44. The maximum absolute atomic E-state index is 9.52. The van der Waals surface area contributed by atoms with Crippen LogP contribution in [0.3, 0.4) is 0 Å². The summed E-state index contributed by atoms with van der Waals surface area (Å²) in [5.41, 5.74) is 1.19. The van der Waals surface area contributed by atoms with Crippen LogP contribution >= 0.6 is 0 Å². The van der Waals surface area contributed by atoms with Gasteiger partial charge < -0.3 is 9.84 Å². The van der Waals surface area contributed by atoms with Crippen LogP contribution < -0.4 is 4.74 Å². The van der Waals surface area contributed by atoms with Crippen molar-refractivity contribution in [2.45, 2.75) is 51.2 Å². The molecule has 3 heteroatoms. The second-order valence-electron chi connectivity index (χ2n) is 4.78. The van der Waals surface area contributed by atoms with Gasteiger partial charge in [0.25, 0.3) is 0 Å². The molecule has 1 aliphatic rings. The normalized spacial score (nSPS) is 25.0. The Labute approximate surface area is 96.5 Å². The number of aromatic nitrogens is 1. The summed E-state index contributed by atoms with van der Waals surface area (Å²) < 4.78 is 5.62. The third-order valence-corrected chi connectivity index (χ3v) is 2.98. The summed E-state index contributed by atoms with van der Waals surface area (Å²) in [5.74, 6) is 1.27. The van der Waals surface area contributed by atoms with Gasteiger partial charge in [0.1, 0.15) is 5.75 Å². The van der Waals surface area contributed by atoms with Crippen LogP contribution in [0.15, 0.2) is 18.5 Å². The molecule has 1 N–H and O–H groups in total. The molecule has 1 fully saturated rings. The van der Waals surface area contributed by atoms with Gasteiger partial charge in [-0.2, -0.15) is 0 Å². The van der Waals surface area contributed by atoms with Gasteiger partial charge in [-0.1, -0.05) is 0 Å². The standard InChI is InChI=1S/C13H19NO2/c1-9(2)16-13-6-11(7-14-8-13)10-3-4-12(15)5-10/h6-10,12,15H,3-5H2,1-2H3. The summed E-state index contributed by atoms with van der Waals surface area (Å²) in [6.45, 7) is 4.01. The molecule has 88 valence electrons. The van der Waals surface area contributed by atoms with Crippen molar-refractivity contribution in [3.05, 3.63) is 24.0 Å². The molecular formula is C13H19NO2. The average Bonchev–Trinajstić information content (AvgIpc) is 2.64. The third-order valence-electron chi connectivity index (χ3n) is 2.98. The van der Waals surface area contributed by atoms with Crippen molar-refractivity contribution in [3.63, 3.8) is 0 Å². The summed E-state index contributed by atoms with van der Waals surface area (Å²) >= 11 is 0. The summed E-state index contributed by atoms with van der Waals surface area (Å²) in [7, 11) is 0. The maximum Gasteiger partial charge on any atom is 0.138 e. The molecule has 16 heavy (non-hydrogen) atoms. The Hall–Kier alpha value is -1.09. The highest BCUT2D eigenvalue weighted by Gasteiger charge is 2.24. The smallest absolute Gasteiger partial charge is 0.138 e. The van der Waals surface area contributed by atoms with Gasteiger partial charge in [0.2, 0.25) is 0 Å². The Balaban J connectivity index is 2.09. The molecule has 1 aromatic heterocycles. The van der Waals surface area contributed by atoms with E-state index in [-0.39, 0.29) is 12.2 Å². The molecular weight excluding hydrogens is 202 g/mol. The first kappa shape index (κ1) is 11.4. The number of nitrogens with zero attached hydrogens (tertiary/aromatic N) is 1. The Morgan fingerprint density at radius 1 is 1.38 bits per heavy atom. The van der Waals surface area contributed by atoms with Crippen molar-refractivity contribution in [3.8, 4) is 5.75 Å². The zero-order valence-corrected chi connectivity index (χ0v) is 9.89. The Morgan fingerprint density at radius 2 is 2.19 bits per heavy atom. The first-order valence-electron chi connectivity index (χ1n) is 5.95. The van der Waals surface area contributed by atoms with Crippen LogP contribution in [0.2, 0.25) is 0 Å². The summed E-state index contributed by atoms with van der Waals surface area (Å²) in [6, 6.07) is 2.05. The molecule has 3 nitrogen and oxygen atoms in total. The van der Waals surface area contributed by atoms with E-state index >= 15 is 0 Å². The summed E-state index contributed by atoms with van der Waals surface area (Å²) in [5, 5.41) is 9.52. The lowest BCUT2D eigenvalue weighted by Crippen LogP contribution is -2.06. The van der Waals surface area contributed by atoms with E-state index in [1.54, 1.807) is 6.20 Å². The molecule has 0 aliphatic heterocycles. The van der Waals surface area contributed by atoms with E-state index < -0.39 is 0 Å². The number of hydrogen-bond acceptors (Lipinski definition) is 3. The van der Waals surface area contributed by atoms with E-state index in [1.807, 2.05) is 20.0 Å². The highest BCUT2D eigenvalue weighted by molar-refractivity contribution is 5.27. The molecule has 0 spiro atoms. The molecule has 1 aliphatic carbocycles. The van der Waals surface area contributed by atoms with Gasteiger partial charge in [0.15, 0.2) is 0 Å². The monoisotopic (exact) mass is 221 g/mol. The van der Waals surface area contributed by atoms with Gasteiger partial charge in [-0.25, -0.2) is 0 Å². The molecule has 1 heterocycles. The largest absolute Gasteiger partial charge is 0.489 e. The van der Waals surface area contributed by atoms with Gasteiger partial charge in [0, 0.05) is 6.20 Å². The van der Waals surface area contributed by atoms with Crippen molar-refractivity contribution in [1.29, 1.82) is 0 Å². The molecule has 2 atom stereocenters. The zero-order chi connectivity index (χ0) is 11.5. The second-order valence-corrected chi connectivity index (χ2v) is 4.78. The molecule has 2 rings (SSSR count). The Morgan fingerprint density at radius 3 is 2.81 bits per heavy atom. The maximum atomic E-state index is 9.52. The fourth-order valence-corrected chi connectivity index (χ4v) is 2.26. The fraction of sp³-hybridized carbons (Fsp3) is 0.615. The molecule has 0 amide bonds. The summed E-state index contributed by atoms with van der Waals surface area (Å²) in [4.78, 5) is 4.20. The minimum absolute atomic E-state index is 0.139. The number of aliphatic hydroxyl groups excluding tert-OH is 1. The molecule has 1 aromatic rings. The van der Waals surface area contributed by atoms with Gasteiger partial charge in [-0.3, -0.25) is 4.98 Å². The van der Waals surface area contributed by atoms with Gasteiger partial charge in [-0.05, 0) is 50.7 Å². The molecule has 0 radical (unpaired) electrons. The molecule has 0 aromatic carbocycles. The van der Waals surface area contributed by atoms with Crippen LogP contribution in [0.25, 0.3) is 0 Å². The lowest BCUT2D eigenvalue weighted by molar-refractivity contribution is 0.181. The van der Waals surface area contributed by atoms with Crippen LogP contribution in [-0.2, 0) is 0 Å².